The summed E-state index contributed by atoms with van der Waals surface area (Å²) in [6, 6.07) is 7.67. The molecule has 0 saturated carbocycles. The number of unbranched alkanes of at least 4 members (excludes halogenated alkanes) is 4. The van der Waals surface area contributed by atoms with Gasteiger partial charge in [0.25, 0.3) is 0 Å². The quantitative estimate of drug-likeness (QED) is 0.444. The van der Waals surface area contributed by atoms with E-state index < -0.39 is 12.0 Å². The van der Waals surface area contributed by atoms with Crippen LogP contribution in [-0.4, -0.2) is 42.0 Å². The van der Waals surface area contributed by atoms with E-state index in [1.165, 1.54) is 24.2 Å². The van der Waals surface area contributed by atoms with Crippen molar-refractivity contribution in [3.8, 4) is 0 Å². The van der Waals surface area contributed by atoms with E-state index in [9.17, 15) is 9.59 Å². The molecule has 5 atom stereocenters. The van der Waals surface area contributed by atoms with Crippen LogP contribution in [0.2, 0.25) is 0 Å². The molecule has 0 radical (unpaired) electrons. The molecule has 0 N–H and O–H groups in total. The van der Waals surface area contributed by atoms with Crippen molar-refractivity contribution >= 4 is 12.0 Å². The Morgan fingerprint density at radius 2 is 2.00 bits per heavy atom. The monoisotopic (exact) mass is 443 g/mol. The first-order valence-electron chi connectivity index (χ1n) is 12.5. The summed E-state index contributed by atoms with van der Waals surface area (Å²) in [6.45, 7) is 4.80. The molecule has 2 heterocycles. The van der Waals surface area contributed by atoms with Gasteiger partial charge in [-0.1, -0.05) is 70.2 Å². The summed E-state index contributed by atoms with van der Waals surface area (Å²) in [6.07, 6.45) is 8.88. The Labute approximate surface area is 191 Å². The van der Waals surface area contributed by atoms with Gasteiger partial charge in [0.2, 0.25) is 5.91 Å². The Balaban J connectivity index is 1.46. The molecular weight excluding hydrogens is 406 g/mol. The van der Waals surface area contributed by atoms with Crippen LogP contribution in [0.15, 0.2) is 24.3 Å². The molecule has 32 heavy (non-hydrogen) atoms. The van der Waals surface area contributed by atoms with E-state index in [-0.39, 0.29) is 30.4 Å². The molecule has 1 unspecified atom stereocenters. The minimum atomic E-state index is -0.526. The molecule has 1 aromatic rings. The Bertz CT molecular complexity index is 790. The van der Waals surface area contributed by atoms with Crippen LogP contribution in [0.3, 0.4) is 0 Å². The van der Waals surface area contributed by atoms with Gasteiger partial charge in [-0.2, -0.15) is 0 Å². The molecule has 2 aliphatic heterocycles. The summed E-state index contributed by atoms with van der Waals surface area (Å²) in [7, 11) is 0. The average Bonchev–Trinajstić information content (AvgIpc) is 3.32. The molecule has 6 heteroatoms. The first kappa shape index (κ1) is 23.2. The lowest BCUT2D eigenvalue weighted by atomic mass is 9.95. The summed E-state index contributed by atoms with van der Waals surface area (Å²) < 4.78 is 17.7. The van der Waals surface area contributed by atoms with Gasteiger partial charge >= 0.3 is 6.09 Å². The molecule has 3 aliphatic rings. The lowest BCUT2D eigenvalue weighted by Gasteiger charge is -2.32. The third kappa shape index (κ3) is 5.01. The fourth-order valence-corrected chi connectivity index (χ4v) is 5.25. The van der Waals surface area contributed by atoms with Crippen molar-refractivity contribution in [2.24, 2.45) is 5.92 Å². The van der Waals surface area contributed by atoms with Crippen molar-refractivity contribution < 1.29 is 23.8 Å². The molecule has 2 fully saturated rings. The number of benzene rings is 1. The molecule has 4 rings (SSSR count). The van der Waals surface area contributed by atoms with Crippen LogP contribution in [0, 0.1) is 5.92 Å². The second kappa shape index (κ2) is 10.8. The van der Waals surface area contributed by atoms with E-state index in [0.717, 1.165) is 49.7 Å². The van der Waals surface area contributed by atoms with E-state index in [4.69, 9.17) is 14.2 Å². The number of rotatable bonds is 10. The summed E-state index contributed by atoms with van der Waals surface area (Å²) in [5, 5.41) is 0. The second-order valence-corrected chi connectivity index (χ2v) is 9.44. The molecular formula is C26H37NO5. The Kier molecular flexibility index (Phi) is 7.84. The minimum Gasteiger partial charge on any atom is -0.443 e. The molecule has 1 aliphatic carbocycles. The lowest BCUT2D eigenvalue weighted by Crippen LogP contribution is -2.44. The zero-order valence-corrected chi connectivity index (χ0v) is 19.5. The van der Waals surface area contributed by atoms with Gasteiger partial charge in [0.1, 0.15) is 12.1 Å². The van der Waals surface area contributed by atoms with Crippen LogP contribution in [-0.2, 0) is 25.4 Å². The SMILES string of the molecule is CCCCCCC[C@@H](OC1CCCCO1)[C@H](C)C(=O)N1C(=O)O[C@@H]2Cc3ccccc3[C@@H]21. The van der Waals surface area contributed by atoms with Crippen LogP contribution in [0.4, 0.5) is 4.79 Å². The zero-order valence-electron chi connectivity index (χ0n) is 19.5. The Hall–Kier alpha value is -1.92. The van der Waals surface area contributed by atoms with Gasteiger partial charge in [0.05, 0.1) is 12.0 Å². The molecule has 0 aromatic heterocycles. The largest absolute Gasteiger partial charge is 0.443 e. The number of ether oxygens (including phenoxy) is 3. The number of hydrogen-bond acceptors (Lipinski definition) is 5. The highest BCUT2D eigenvalue weighted by atomic mass is 16.7. The van der Waals surface area contributed by atoms with Gasteiger partial charge in [-0.3, -0.25) is 4.79 Å². The number of nitrogens with zero attached hydrogens (tertiary/aromatic N) is 1. The highest BCUT2D eigenvalue weighted by Crippen LogP contribution is 2.43. The first-order chi connectivity index (χ1) is 15.6. The second-order valence-electron chi connectivity index (χ2n) is 9.44. The Morgan fingerprint density at radius 3 is 2.78 bits per heavy atom. The molecule has 0 bridgehead atoms. The fourth-order valence-electron chi connectivity index (χ4n) is 5.25. The van der Waals surface area contributed by atoms with Gasteiger partial charge in [0, 0.05) is 13.0 Å². The molecule has 176 valence electrons. The number of carbonyl (C=O) groups is 2. The maximum atomic E-state index is 13.6. The van der Waals surface area contributed by atoms with Crippen molar-refractivity contribution in [2.45, 2.75) is 103 Å². The maximum Gasteiger partial charge on any atom is 0.417 e. The van der Waals surface area contributed by atoms with E-state index in [1.807, 2.05) is 25.1 Å². The third-order valence-electron chi connectivity index (χ3n) is 7.12. The maximum absolute atomic E-state index is 13.6. The number of amides is 2. The van der Waals surface area contributed by atoms with Gasteiger partial charge in [-0.05, 0) is 36.8 Å². The van der Waals surface area contributed by atoms with Crippen LogP contribution < -0.4 is 0 Å². The van der Waals surface area contributed by atoms with E-state index in [1.54, 1.807) is 0 Å². The van der Waals surface area contributed by atoms with Crippen LogP contribution in [0.25, 0.3) is 0 Å². The molecule has 0 spiro atoms. The first-order valence-corrected chi connectivity index (χ1v) is 12.5. The number of carbonyl (C=O) groups excluding carboxylic acids is 2. The van der Waals surface area contributed by atoms with Gasteiger partial charge in [-0.15, -0.1) is 0 Å². The predicted molar refractivity (Wildman–Crippen MR) is 121 cm³/mol. The zero-order chi connectivity index (χ0) is 22.5. The smallest absolute Gasteiger partial charge is 0.417 e. The highest BCUT2D eigenvalue weighted by molar-refractivity contribution is 5.95. The fraction of sp³-hybridized carbons (Fsp3) is 0.692. The third-order valence-corrected chi connectivity index (χ3v) is 7.12. The average molecular weight is 444 g/mol. The van der Waals surface area contributed by atoms with Gasteiger partial charge < -0.3 is 14.2 Å². The van der Waals surface area contributed by atoms with Crippen molar-refractivity contribution in [2.75, 3.05) is 6.61 Å². The number of hydrogen-bond donors (Lipinski definition) is 0. The van der Waals surface area contributed by atoms with Crippen LogP contribution >= 0.6 is 0 Å². The van der Waals surface area contributed by atoms with Gasteiger partial charge in [0.15, 0.2) is 6.29 Å². The summed E-state index contributed by atoms with van der Waals surface area (Å²) in [5.41, 5.74) is 2.18. The van der Waals surface area contributed by atoms with Crippen LogP contribution in [0.5, 0.6) is 0 Å². The van der Waals surface area contributed by atoms with E-state index >= 15 is 0 Å². The standard InChI is InChI=1S/C26H37NO5/c1-3-4-5-6-7-14-21(31-23-15-10-11-16-30-23)18(2)25(28)27-24-20-13-9-8-12-19(20)17-22(24)32-26(27)29/h8-9,12-13,18,21-24H,3-7,10-11,14-17H2,1-2H3/t18-,21+,22+,23?,24-/m0/s1. The van der Waals surface area contributed by atoms with Crippen molar-refractivity contribution in [3.05, 3.63) is 35.4 Å². The van der Waals surface area contributed by atoms with E-state index in [2.05, 4.69) is 13.0 Å². The van der Waals surface area contributed by atoms with Crippen molar-refractivity contribution in [3.63, 3.8) is 0 Å². The van der Waals surface area contributed by atoms with Crippen molar-refractivity contribution in [1.29, 1.82) is 0 Å². The molecule has 2 amide bonds. The van der Waals surface area contributed by atoms with E-state index in [0.29, 0.717) is 13.0 Å². The topological polar surface area (TPSA) is 65.1 Å². The summed E-state index contributed by atoms with van der Waals surface area (Å²) in [5.74, 6) is -0.640. The number of imide groups is 1. The normalized spacial score (nSPS) is 26.4. The number of fused-ring (bicyclic) bond motifs is 3. The minimum absolute atomic E-state index is 0.200. The van der Waals surface area contributed by atoms with Crippen LogP contribution in [0.1, 0.15) is 88.8 Å². The summed E-state index contributed by atoms with van der Waals surface area (Å²) >= 11 is 0. The molecule has 1 aromatic carbocycles. The molecule has 2 saturated heterocycles. The van der Waals surface area contributed by atoms with Crippen molar-refractivity contribution in [1.82, 2.24) is 4.90 Å². The molecule has 6 nitrogen and oxygen atoms in total. The Morgan fingerprint density at radius 1 is 1.19 bits per heavy atom. The van der Waals surface area contributed by atoms with Gasteiger partial charge in [-0.25, -0.2) is 9.69 Å². The lowest BCUT2D eigenvalue weighted by molar-refractivity contribution is -0.200. The predicted octanol–water partition coefficient (Wildman–Crippen LogP) is 5.54. The highest BCUT2D eigenvalue weighted by Gasteiger charge is 2.51. The summed E-state index contributed by atoms with van der Waals surface area (Å²) in [4.78, 5) is 27.7.